The van der Waals surface area contributed by atoms with E-state index in [2.05, 4.69) is 244 Å². The largest absolute Gasteiger partial charge is 0.345 e. The Balaban J connectivity index is 0.913. The Morgan fingerprint density at radius 3 is 1.66 bits per heavy atom. The number of hydrogen-bond acceptors (Lipinski definition) is 2. The van der Waals surface area contributed by atoms with Crippen LogP contribution in [0, 0.1) is 0 Å². The van der Waals surface area contributed by atoms with Gasteiger partial charge in [0, 0.05) is 47.6 Å². The molecule has 0 radical (unpaired) electrons. The molecule has 0 amide bonds. The molecule has 0 saturated carbocycles. The molecule has 292 valence electrons. The van der Waals surface area contributed by atoms with E-state index in [4.69, 9.17) is 0 Å². The lowest BCUT2D eigenvalue weighted by Crippen LogP contribution is -2.14. The first-order valence-corrected chi connectivity index (χ1v) is 21.3. The van der Waals surface area contributed by atoms with Crippen molar-refractivity contribution in [3.63, 3.8) is 0 Å². The van der Waals surface area contributed by atoms with Crippen molar-refractivity contribution in [1.29, 1.82) is 0 Å². The highest BCUT2D eigenvalue weighted by molar-refractivity contribution is 6.04. The van der Waals surface area contributed by atoms with Crippen molar-refractivity contribution in [2.75, 3.05) is 23.9 Å². The predicted molar refractivity (Wildman–Crippen MR) is 262 cm³/mol. The molecule has 0 atom stereocenters. The average molecular weight is 783 g/mol. The van der Waals surface area contributed by atoms with Crippen LogP contribution in [0.4, 0.5) is 22.7 Å². The second-order valence-corrected chi connectivity index (χ2v) is 17.1. The summed E-state index contributed by atoms with van der Waals surface area (Å²) in [4.78, 5) is 4.62. The SMILES string of the molecule is CN(c1ccc(-c2cccc3ccccc23)cc1)c1cc(-c2ccc3cccc(N(C)c4ccc(-c5ccc6c(c5)C(C)(C)c5ccccc5-6)cc4)c3c2)c2ccccc2c1. The number of rotatable bonds is 7. The van der Waals surface area contributed by atoms with E-state index in [9.17, 15) is 0 Å². The summed E-state index contributed by atoms with van der Waals surface area (Å²) in [5, 5.41) is 7.43. The molecule has 1 aliphatic carbocycles. The summed E-state index contributed by atoms with van der Waals surface area (Å²) in [6.45, 7) is 4.69. The second kappa shape index (κ2) is 14.4. The van der Waals surface area contributed by atoms with Crippen molar-refractivity contribution < 1.29 is 0 Å². The van der Waals surface area contributed by atoms with Crippen LogP contribution in [0.3, 0.4) is 0 Å². The second-order valence-electron chi connectivity index (χ2n) is 17.1. The van der Waals surface area contributed by atoms with E-state index in [1.807, 2.05) is 0 Å². The van der Waals surface area contributed by atoms with Gasteiger partial charge in [0.2, 0.25) is 0 Å². The molecule has 10 aromatic rings. The molecule has 10 aromatic carbocycles. The minimum Gasteiger partial charge on any atom is -0.345 e. The number of benzene rings is 10. The highest BCUT2D eigenvalue weighted by Crippen LogP contribution is 2.49. The molecule has 0 heterocycles. The van der Waals surface area contributed by atoms with Gasteiger partial charge in [0.1, 0.15) is 0 Å². The van der Waals surface area contributed by atoms with Crippen molar-refractivity contribution in [3.05, 3.63) is 217 Å². The van der Waals surface area contributed by atoms with Crippen LogP contribution in [-0.4, -0.2) is 14.1 Å². The first-order valence-electron chi connectivity index (χ1n) is 21.3. The van der Waals surface area contributed by atoms with Gasteiger partial charge in [0.15, 0.2) is 0 Å². The quantitative estimate of drug-likeness (QED) is 0.159. The van der Waals surface area contributed by atoms with Crippen LogP contribution in [0.2, 0.25) is 0 Å². The fourth-order valence-electron chi connectivity index (χ4n) is 9.83. The molecule has 0 spiro atoms. The minimum absolute atomic E-state index is 0.0235. The Morgan fingerprint density at radius 2 is 0.869 bits per heavy atom. The summed E-state index contributed by atoms with van der Waals surface area (Å²) in [5.41, 5.74) is 17.5. The zero-order valence-electron chi connectivity index (χ0n) is 35.0. The third kappa shape index (κ3) is 6.18. The van der Waals surface area contributed by atoms with Gasteiger partial charge in [-0.2, -0.15) is 0 Å². The molecule has 2 heteroatoms. The molecule has 61 heavy (non-hydrogen) atoms. The third-order valence-electron chi connectivity index (χ3n) is 13.3. The van der Waals surface area contributed by atoms with E-state index in [1.54, 1.807) is 0 Å². The summed E-state index contributed by atoms with van der Waals surface area (Å²) in [7, 11) is 4.35. The lowest BCUT2D eigenvalue weighted by atomic mass is 9.81. The zero-order valence-corrected chi connectivity index (χ0v) is 35.0. The summed E-state index contributed by atoms with van der Waals surface area (Å²) < 4.78 is 0. The van der Waals surface area contributed by atoms with E-state index >= 15 is 0 Å². The fourth-order valence-corrected chi connectivity index (χ4v) is 9.83. The molecule has 0 unspecified atom stereocenters. The van der Waals surface area contributed by atoms with Gasteiger partial charge in [-0.25, -0.2) is 0 Å². The fraction of sp³-hybridized carbons (Fsp3) is 0.0847. The molecule has 0 saturated heterocycles. The summed E-state index contributed by atoms with van der Waals surface area (Å²) >= 11 is 0. The molecule has 0 fully saturated rings. The monoisotopic (exact) mass is 782 g/mol. The van der Waals surface area contributed by atoms with Gasteiger partial charge >= 0.3 is 0 Å². The number of nitrogens with zero attached hydrogens (tertiary/aromatic N) is 2. The maximum atomic E-state index is 2.40. The molecule has 0 aliphatic heterocycles. The average Bonchev–Trinajstić information content (AvgIpc) is 3.55. The van der Waals surface area contributed by atoms with E-state index in [-0.39, 0.29) is 5.41 Å². The summed E-state index contributed by atoms with van der Waals surface area (Å²) in [5.74, 6) is 0. The maximum absolute atomic E-state index is 2.40. The van der Waals surface area contributed by atoms with E-state index in [1.165, 1.54) is 93.6 Å². The summed E-state index contributed by atoms with van der Waals surface area (Å²) in [6.07, 6.45) is 0. The van der Waals surface area contributed by atoms with Crippen molar-refractivity contribution in [2.24, 2.45) is 0 Å². The van der Waals surface area contributed by atoms with Gasteiger partial charge in [-0.3, -0.25) is 0 Å². The van der Waals surface area contributed by atoms with Gasteiger partial charge < -0.3 is 9.80 Å². The molecule has 2 nitrogen and oxygen atoms in total. The molecule has 1 aliphatic rings. The standard InChI is InChI=1S/C59H46N2/c1-59(2)56-21-10-9-19-52(56)53-34-29-43(37-57(53)59)39-25-30-47(31-26-39)61(4)58-22-12-16-41-23-24-45(36-55(41)58)54-38-48(35-44-14-6-8-18-51(44)54)60(3)46-32-27-42(28-33-46)50-20-11-15-40-13-5-7-17-49(40)50/h5-38H,1-4H3. The predicted octanol–water partition coefficient (Wildman–Crippen LogP) is 16.0. The van der Waals surface area contributed by atoms with Gasteiger partial charge in [0.25, 0.3) is 0 Å². The smallest absolute Gasteiger partial charge is 0.0487 e. The Kier molecular flexibility index (Phi) is 8.65. The lowest BCUT2D eigenvalue weighted by Gasteiger charge is -2.24. The van der Waals surface area contributed by atoms with Crippen LogP contribution >= 0.6 is 0 Å². The first kappa shape index (κ1) is 36.6. The lowest BCUT2D eigenvalue weighted by molar-refractivity contribution is 0.660. The number of fused-ring (bicyclic) bond motifs is 6. The Morgan fingerprint density at radius 1 is 0.311 bits per heavy atom. The highest BCUT2D eigenvalue weighted by atomic mass is 15.1. The van der Waals surface area contributed by atoms with Crippen LogP contribution in [-0.2, 0) is 5.41 Å². The van der Waals surface area contributed by atoms with Crippen LogP contribution in [0.25, 0.3) is 76.8 Å². The minimum atomic E-state index is -0.0235. The summed E-state index contributed by atoms with van der Waals surface area (Å²) in [6, 6.07) is 76.0. The molecule has 0 aromatic heterocycles. The van der Waals surface area contributed by atoms with E-state index < -0.39 is 0 Å². The third-order valence-corrected chi connectivity index (χ3v) is 13.3. The molecular weight excluding hydrogens is 737 g/mol. The Hall–Kier alpha value is -7.42. The normalized spacial score (nSPS) is 12.7. The zero-order chi connectivity index (χ0) is 41.2. The van der Waals surface area contributed by atoms with Crippen molar-refractivity contribution in [3.8, 4) is 44.5 Å². The Bertz CT molecular complexity index is 3300. The van der Waals surface area contributed by atoms with Gasteiger partial charge in [-0.1, -0.05) is 166 Å². The van der Waals surface area contributed by atoms with Crippen LogP contribution in [0.1, 0.15) is 25.0 Å². The van der Waals surface area contributed by atoms with Crippen molar-refractivity contribution >= 4 is 55.1 Å². The Labute approximate surface area is 358 Å². The first-order chi connectivity index (χ1) is 29.8. The number of hydrogen-bond donors (Lipinski definition) is 0. The molecular formula is C59H46N2. The van der Waals surface area contributed by atoms with Crippen molar-refractivity contribution in [2.45, 2.75) is 19.3 Å². The maximum Gasteiger partial charge on any atom is 0.0487 e. The van der Waals surface area contributed by atoms with Crippen molar-refractivity contribution in [1.82, 2.24) is 0 Å². The van der Waals surface area contributed by atoms with E-state index in [0.29, 0.717) is 0 Å². The van der Waals surface area contributed by atoms with Gasteiger partial charge in [0.05, 0.1) is 0 Å². The highest BCUT2D eigenvalue weighted by Gasteiger charge is 2.35. The number of anilines is 4. The van der Waals surface area contributed by atoms with Crippen LogP contribution < -0.4 is 9.80 Å². The van der Waals surface area contributed by atoms with Crippen LogP contribution in [0.5, 0.6) is 0 Å². The van der Waals surface area contributed by atoms with Gasteiger partial charge in [-0.15, -0.1) is 0 Å². The van der Waals surface area contributed by atoms with Gasteiger partial charge in [-0.05, 0) is 137 Å². The molecule has 0 N–H and O–H groups in total. The topological polar surface area (TPSA) is 6.48 Å². The van der Waals surface area contributed by atoms with E-state index in [0.717, 1.165) is 17.1 Å². The molecule has 0 bridgehead atoms. The molecule has 11 rings (SSSR count). The van der Waals surface area contributed by atoms with Crippen LogP contribution in [0.15, 0.2) is 206 Å².